The number of benzene rings is 2. The standard InChI is InChI=1S/C31H36Cl2N4O2/c32-26-10-9-24(20-27(26)33)30(12-18-36(22-30)29(38)28-8-4-19-39-28)11-5-15-35-16-13-31(14-17-35)21-34-23-37(31)25-6-2-1-3-7-25/h1-4,6-10,19-20,34H,5,11-18,21-23H2. The van der Waals surface area contributed by atoms with Gasteiger partial charge in [-0.1, -0.05) is 47.5 Å². The lowest BCUT2D eigenvalue weighted by Crippen LogP contribution is -2.54. The van der Waals surface area contributed by atoms with E-state index in [-0.39, 0.29) is 16.9 Å². The second kappa shape index (κ2) is 11.2. The number of carbonyl (C=O) groups excluding carboxylic acids is 1. The maximum Gasteiger partial charge on any atom is 0.289 e. The number of nitrogens with one attached hydrogen (secondary N) is 1. The molecular formula is C31H36Cl2N4O2. The average Bonchev–Trinajstić information content (AvgIpc) is 3.73. The van der Waals surface area contributed by atoms with E-state index in [4.69, 9.17) is 27.6 Å². The van der Waals surface area contributed by atoms with Crippen LogP contribution in [0.1, 0.15) is 48.2 Å². The first kappa shape index (κ1) is 26.7. The summed E-state index contributed by atoms with van der Waals surface area (Å²) in [6.07, 6.45) is 6.84. The first-order valence-corrected chi connectivity index (χ1v) is 14.8. The molecule has 3 fully saturated rings. The smallest absolute Gasteiger partial charge is 0.289 e. The minimum Gasteiger partial charge on any atom is -0.459 e. The van der Waals surface area contributed by atoms with E-state index in [9.17, 15) is 4.79 Å². The van der Waals surface area contributed by atoms with E-state index in [1.807, 2.05) is 17.0 Å². The highest BCUT2D eigenvalue weighted by Gasteiger charge is 2.44. The second-order valence-electron chi connectivity index (χ2n) is 11.4. The number of anilines is 1. The van der Waals surface area contributed by atoms with Crippen LogP contribution in [0.5, 0.6) is 0 Å². The summed E-state index contributed by atoms with van der Waals surface area (Å²) in [5, 5.41) is 4.76. The maximum absolute atomic E-state index is 13.1. The van der Waals surface area contributed by atoms with Crippen molar-refractivity contribution < 1.29 is 9.21 Å². The lowest BCUT2D eigenvalue weighted by molar-refractivity contribution is 0.0750. The first-order valence-electron chi connectivity index (χ1n) is 14.0. The van der Waals surface area contributed by atoms with Crippen LogP contribution in [-0.2, 0) is 5.41 Å². The molecule has 8 heteroatoms. The van der Waals surface area contributed by atoms with Gasteiger partial charge >= 0.3 is 0 Å². The summed E-state index contributed by atoms with van der Waals surface area (Å²) in [5.41, 5.74) is 2.54. The molecule has 3 saturated heterocycles. The molecule has 1 unspecified atom stereocenters. The molecule has 3 aliphatic heterocycles. The van der Waals surface area contributed by atoms with Crippen LogP contribution in [0.15, 0.2) is 71.3 Å². The predicted octanol–water partition coefficient (Wildman–Crippen LogP) is 6.05. The molecule has 0 bridgehead atoms. The van der Waals surface area contributed by atoms with E-state index >= 15 is 0 Å². The zero-order chi connectivity index (χ0) is 26.9. The molecule has 4 heterocycles. The van der Waals surface area contributed by atoms with Crippen molar-refractivity contribution in [2.45, 2.75) is 43.1 Å². The molecule has 1 aromatic heterocycles. The Morgan fingerprint density at radius 1 is 0.949 bits per heavy atom. The Bertz CT molecular complexity index is 1280. The summed E-state index contributed by atoms with van der Waals surface area (Å²) in [5.74, 6) is 0.351. The molecule has 206 valence electrons. The van der Waals surface area contributed by atoms with Crippen molar-refractivity contribution in [2.24, 2.45) is 0 Å². The summed E-state index contributed by atoms with van der Waals surface area (Å²) in [7, 11) is 0. The topological polar surface area (TPSA) is 52.0 Å². The number of carbonyl (C=O) groups is 1. The summed E-state index contributed by atoms with van der Waals surface area (Å²) >= 11 is 12.7. The number of hydrogen-bond acceptors (Lipinski definition) is 5. The van der Waals surface area contributed by atoms with Crippen LogP contribution in [-0.4, -0.2) is 67.2 Å². The number of nitrogens with zero attached hydrogens (tertiary/aromatic N) is 3. The molecule has 1 amide bonds. The van der Waals surface area contributed by atoms with Gasteiger partial charge in [-0.15, -0.1) is 0 Å². The Kier molecular flexibility index (Phi) is 7.64. The molecule has 3 aliphatic rings. The maximum atomic E-state index is 13.1. The van der Waals surface area contributed by atoms with Gasteiger partial charge in [0.15, 0.2) is 5.76 Å². The molecule has 1 spiro atoms. The Morgan fingerprint density at radius 3 is 2.51 bits per heavy atom. The highest BCUT2D eigenvalue weighted by Crippen LogP contribution is 2.42. The third-order valence-corrected chi connectivity index (χ3v) is 9.92. The van der Waals surface area contributed by atoms with Crippen LogP contribution < -0.4 is 10.2 Å². The Labute approximate surface area is 240 Å². The third kappa shape index (κ3) is 5.32. The van der Waals surface area contributed by atoms with Gasteiger partial charge in [-0.3, -0.25) is 10.1 Å². The van der Waals surface area contributed by atoms with Crippen molar-refractivity contribution in [3.05, 3.63) is 88.3 Å². The third-order valence-electron chi connectivity index (χ3n) is 9.19. The average molecular weight is 568 g/mol. The Balaban J connectivity index is 1.11. The van der Waals surface area contributed by atoms with Gasteiger partial charge in [-0.25, -0.2) is 0 Å². The van der Waals surface area contributed by atoms with E-state index in [2.05, 4.69) is 51.5 Å². The van der Waals surface area contributed by atoms with Gasteiger partial charge in [-0.2, -0.15) is 0 Å². The number of likely N-dealkylation sites (tertiary alicyclic amines) is 2. The van der Waals surface area contributed by atoms with Crippen LogP contribution >= 0.6 is 23.2 Å². The van der Waals surface area contributed by atoms with Gasteiger partial charge in [0.1, 0.15) is 0 Å². The minimum absolute atomic E-state index is 0.0450. The fourth-order valence-corrected chi connectivity index (χ4v) is 7.23. The number of piperidine rings is 1. The zero-order valence-corrected chi connectivity index (χ0v) is 23.8. The lowest BCUT2D eigenvalue weighted by Gasteiger charge is -2.45. The lowest BCUT2D eigenvalue weighted by atomic mass is 9.76. The van der Waals surface area contributed by atoms with Gasteiger partial charge in [0.25, 0.3) is 5.91 Å². The first-order chi connectivity index (χ1) is 19.0. The van der Waals surface area contributed by atoms with E-state index in [1.165, 1.54) is 11.3 Å². The van der Waals surface area contributed by atoms with Crippen molar-refractivity contribution in [3.8, 4) is 0 Å². The highest BCUT2D eigenvalue weighted by molar-refractivity contribution is 6.42. The van der Waals surface area contributed by atoms with Gasteiger partial charge in [0, 0.05) is 43.8 Å². The predicted molar refractivity (Wildman–Crippen MR) is 157 cm³/mol. The Morgan fingerprint density at radius 2 is 1.77 bits per heavy atom. The van der Waals surface area contributed by atoms with Crippen LogP contribution in [0.4, 0.5) is 5.69 Å². The second-order valence-corrected chi connectivity index (χ2v) is 12.2. The minimum atomic E-state index is -0.146. The number of hydrogen-bond donors (Lipinski definition) is 1. The molecule has 6 nitrogen and oxygen atoms in total. The van der Waals surface area contributed by atoms with E-state index in [1.54, 1.807) is 18.4 Å². The molecule has 1 atom stereocenters. The van der Waals surface area contributed by atoms with Crippen LogP contribution in [0.2, 0.25) is 10.0 Å². The molecule has 6 rings (SSSR count). The summed E-state index contributed by atoms with van der Waals surface area (Å²) < 4.78 is 5.41. The molecule has 0 aliphatic carbocycles. The van der Waals surface area contributed by atoms with Crippen molar-refractivity contribution in [3.63, 3.8) is 0 Å². The zero-order valence-electron chi connectivity index (χ0n) is 22.3. The van der Waals surface area contributed by atoms with Crippen molar-refractivity contribution in [1.82, 2.24) is 15.1 Å². The van der Waals surface area contributed by atoms with E-state index in [0.717, 1.165) is 65.0 Å². The molecular weight excluding hydrogens is 531 g/mol. The number of amides is 1. The summed E-state index contributed by atoms with van der Waals surface area (Å²) in [6.45, 7) is 6.60. The fourth-order valence-electron chi connectivity index (χ4n) is 6.93. The number of halogens is 2. The van der Waals surface area contributed by atoms with E-state index < -0.39 is 0 Å². The number of para-hydroxylation sites is 1. The molecule has 0 saturated carbocycles. The molecule has 0 radical (unpaired) electrons. The molecule has 3 aromatic rings. The summed E-state index contributed by atoms with van der Waals surface area (Å²) in [4.78, 5) is 20.2. The van der Waals surface area contributed by atoms with Gasteiger partial charge < -0.3 is 19.1 Å². The molecule has 1 N–H and O–H groups in total. The van der Waals surface area contributed by atoms with Crippen molar-refractivity contribution >= 4 is 34.8 Å². The van der Waals surface area contributed by atoms with Crippen LogP contribution in [0, 0.1) is 0 Å². The SMILES string of the molecule is O=C(c1ccco1)N1CCC(CCCN2CCC3(CC2)CNCN3c2ccccc2)(c2ccc(Cl)c(Cl)c2)C1. The van der Waals surface area contributed by atoms with Gasteiger partial charge in [0.05, 0.1) is 28.5 Å². The van der Waals surface area contributed by atoms with Crippen LogP contribution in [0.25, 0.3) is 0 Å². The van der Waals surface area contributed by atoms with Crippen LogP contribution in [0.3, 0.4) is 0 Å². The van der Waals surface area contributed by atoms with Gasteiger partial charge in [-0.05, 0) is 80.6 Å². The summed E-state index contributed by atoms with van der Waals surface area (Å²) in [6, 6.07) is 20.3. The molecule has 39 heavy (non-hydrogen) atoms. The van der Waals surface area contributed by atoms with Crippen molar-refractivity contribution in [2.75, 3.05) is 50.8 Å². The number of furan rings is 1. The normalized spacial score (nSPS) is 23.1. The molecule has 2 aromatic carbocycles. The van der Waals surface area contributed by atoms with Crippen molar-refractivity contribution in [1.29, 1.82) is 0 Å². The quantitative estimate of drug-likeness (QED) is 0.377. The fraction of sp³-hybridized carbons (Fsp3) is 0.452. The highest BCUT2D eigenvalue weighted by atomic mass is 35.5. The monoisotopic (exact) mass is 566 g/mol. The van der Waals surface area contributed by atoms with Gasteiger partial charge in [0.2, 0.25) is 0 Å². The van der Waals surface area contributed by atoms with E-state index in [0.29, 0.717) is 28.9 Å². The number of rotatable bonds is 7. The largest absolute Gasteiger partial charge is 0.459 e. The Hall–Kier alpha value is -2.51.